The minimum Gasteiger partial charge on any atom is -0.357 e. The van der Waals surface area contributed by atoms with E-state index < -0.39 is 5.76 Å². The number of rotatable bonds is 5. The summed E-state index contributed by atoms with van der Waals surface area (Å²) in [6, 6.07) is 9.81. The Labute approximate surface area is 143 Å². The van der Waals surface area contributed by atoms with Gasteiger partial charge in [0.15, 0.2) is 0 Å². The third-order valence-electron chi connectivity index (χ3n) is 3.78. The second-order valence-corrected chi connectivity index (χ2v) is 6.52. The molecule has 0 atom stereocenters. The molecule has 7 heteroatoms. The number of pyridine rings is 1. The van der Waals surface area contributed by atoms with Crippen LogP contribution in [0.15, 0.2) is 47.5 Å². The Kier molecular flexibility index (Phi) is 5.30. The quantitative estimate of drug-likeness (QED) is 0.820. The van der Waals surface area contributed by atoms with Crippen molar-refractivity contribution in [3.05, 3.63) is 48.2 Å². The van der Waals surface area contributed by atoms with Crippen molar-refractivity contribution >= 4 is 29.2 Å². The molecule has 24 heavy (non-hydrogen) atoms. The van der Waals surface area contributed by atoms with Crippen molar-refractivity contribution in [2.45, 2.75) is 23.5 Å². The first-order chi connectivity index (χ1) is 11.6. The summed E-state index contributed by atoms with van der Waals surface area (Å²) in [5, 5.41) is 2.76. The van der Waals surface area contributed by atoms with E-state index in [4.69, 9.17) is 0 Å². The molecule has 1 aliphatic rings. The zero-order valence-electron chi connectivity index (χ0n) is 12.9. The van der Waals surface area contributed by atoms with E-state index in [0.717, 1.165) is 18.9 Å². The van der Waals surface area contributed by atoms with Gasteiger partial charge in [0.2, 0.25) is 0 Å². The third kappa shape index (κ3) is 4.23. The molecule has 1 aromatic heterocycles. The lowest BCUT2D eigenvalue weighted by Crippen LogP contribution is -2.19. The molecule has 0 radical (unpaired) electrons. The molecule has 1 N–H and O–H groups in total. The maximum Gasteiger partial charge on any atom is 0.288 e. The second kappa shape index (κ2) is 7.61. The van der Waals surface area contributed by atoms with Crippen LogP contribution < -0.4 is 10.2 Å². The van der Waals surface area contributed by atoms with E-state index in [1.807, 2.05) is 12.1 Å². The van der Waals surface area contributed by atoms with Gasteiger partial charge in [0.05, 0.1) is 11.9 Å². The number of carbonyl (C=O) groups is 1. The largest absolute Gasteiger partial charge is 0.357 e. The van der Waals surface area contributed by atoms with Gasteiger partial charge in [-0.25, -0.2) is 4.98 Å². The number of nitrogens with one attached hydrogen (secondary N) is 1. The average molecular weight is 349 g/mol. The molecule has 2 heterocycles. The van der Waals surface area contributed by atoms with Crippen LogP contribution in [-0.4, -0.2) is 29.7 Å². The van der Waals surface area contributed by atoms with Crippen LogP contribution in [0.25, 0.3) is 0 Å². The molecule has 0 aliphatic carbocycles. The molecule has 126 valence electrons. The van der Waals surface area contributed by atoms with Crippen LogP contribution in [0.2, 0.25) is 0 Å². The number of nitrogens with zero attached hydrogens (tertiary/aromatic N) is 2. The Morgan fingerprint density at radius 3 is 2.42 bits per heavy atom. The summed E-state index contributed by atoms with van der Waals surface area (Å²) in [4.78, 5) is 19.2. The number of alkyl halides is 2. The number of aromatic nitrogens is 1. The number of hydrogen-bond acceptors (Lipinski definition) is 4. The first kappa shape index (κ1) is 16.7. The zero-order valence-corrected chi connectivity index (χ0v) is 13.7. The Morgan fingerprint density at radius 1 is 1.12 bits per heavy atom. The van der Waals surface area contributed by atoms with Gasteiger partial charge < -0.3 is 10.2 Å². The van der Waals surface area contributed by atoms with Crippen LogP contribution in [0.1, 0.15) is 23.2 Å². The van der Waals surface area contributed by atoms with E-state index in [1.54, 1.807) is 6.20 Å². The maximum absolute atomic E-state index is 12.3. The zero-order chi connectivity index (χ0) is 16.9. The summed E-state index contributed by atoms with van der Waals surface area (Å²) >= 11 is 0.457. The van der Waals surface area contributed by atoms with Gasteiger partial charge in [-0.05, 0) is 49.2 Å². The normalized spacial score (nSPS) is 14.2. The first-order valence-electron chi connectivity index (χ1n) is 7.69. The van der Waals surface area contributed by atoms with Crippen molar-refractivity contribution < 1.29 is 13.6 Å². The molecule has 0 saturated carbocycles. The van der Waals surface area contributed by atoms with Gasteiger partial charge in [-0.15, -0.1) is 0 Å². The van der Waals surface area contributed by atoms with Crippen molar-refractivity contribution in [1.29, 1.82) is 0 Å². The number of amides is 1. The first-order valence-corrected chi connectivity index (χ1v) is 8.57. The highest BCUT2D eigenvalue weighted by Crippen LogP contribution is 2.25. The standard InChI is InChI=1S/C17H17F2N3OS/c18-17(19)24-14-6-3-12(4-7-14)16(23)21-13-5-8-15(20-11-13)22-9-1-2-10-22/h3-8,11,17H,1-2,9-10H2,(H,21,23). The summed E-state index contributed by atoms with van der Waals surface area (Å²) in [7, 11) is 0. The number of halogens is 2. The van der Waals surface area contributed by atoms with E-state index in [2.05, 4.69) is 15.2 Å². The van der Waals surface area contributed by atoms with Crippen molar-refractivity contribution in [2.75, 3.05) is 23.3 Å². The Bertz CT molecular complexity index is 686. The number of hydrogen-bond donors (Lipinski definition) is 1. The lowest BCUT2D eigenvalue weighted by molar-refractivity contribution is 0.102. The highest BCUT2D eigenvalue weighted by molar-refractivity contribution is 7.99. The van der Waals surface area contributed by atoms with Crippen molar-refractivity contribution in [2.24, 2.45) is 0 Å². The van der Waals surface area contributed by atoms with Crippen molar-refractivity contribution in [3.63, 3.8) is 0 Å². The molecule has 2 aromatic rings. The van der Waals surface area contributed by atoms with Crippen LogP contribution >= 0.6 is 11.8 Å². The van der Waals surface area contributed by atoms with Crippen LogP contribution in [0.4, 0.5) is 20.3 Å². The highest BCUT2D eigenvalue weighted by Gasteiger charge is 2.13. The van der Waals surface area contributed by atoms with Gasteiger partial charge in [-0.2, -0.15) is 8.78 Å². The number of benzene rings is 1. The van der Waals surface area contributed by atoms with E-state index in [-0.39, 0.29) is 5.91 Å². The van der Waals surface area contributed by atoms with E-state index in [0.29, 0.717) is 27.9 Å². The third-order valence-corrected chi connectivity index (χ3v) is 4.50. The molecule has 3 rings (SSSR count). The maximum atomic E-state index is 12.3. The highest BCUT2D eigenvalue weighted by atomic mass is 32.2. The molecule has 0 spiro atoms. The van der Waals surface area contributed by atoms with Crippen LogP contribution in [0.3, 0.4) is 0 Å². The molecule has 1 aromatic carbocycles. The van der Waals surface area contributed by atoms with Crippen molar-refractivity contribution in [3.8, 4) is 0 Å². The lowest BCUT2D eigenvalue weighted by Gasteiger charge is -2.16. The van der Waals surface area contributed by atoms with Gasteiger partial charge >= 0.3 is 0 Å². The molecule has 1 aliphatic heterocycles. The summed E-state index contributed by atoms with van der Waals surface area (Å²) in [6.07, 6.45) is 3.99. The SMILES string of the molecule is O=C(Nc1ccc(N2CCCC2)nc1)c1ccc(SC(F)F)cc1. The van der Waals surface area contributed by atoms with Gasteiger partial charge in [0.25, 0.3) is 11.7 Å². The lowest BCUT2D eigenvalue weighted by atomic mass is 10.2. The summed E-state index contributed by atoms with van der Waals surface area (Å²) in [6.45, 7) is 2.03. The Morgan fingerprint density at radius 2 is 1.83 bits per heavy atom. The number of anilines is 2. The van der Waals surface area contributed by atoms with E-state index in [1.165, 1.54) is 37.1 Å². The van der Waals surface area contributed by atoms with Gasteiger partial charge in [0.1, 0.15) is 5.82 Å². The molecule has 1 fully saturated rings. The van der Waals surface area contributed by atoms with Gasteiger partial charge in [-0.1, -0.05) is 11.8 Å². The predicted molar refractivity (Wildman–Crippen MR) is 91.9 cm³/mol. The summed E-state index contributed by atoms with van der Waals surface area (Å²) in [5.41, 5.74) is 1.02. The molecule has 4 nitrogen and oxygen atoms in total. The fourth-order valence-electron chi connectivity index (χ4n) is 2.58. The van der Waals surface area contributed by atoms with Gasteiger partial charge in [-0.3, -0.25) is 4.79 Å². The second-order valence-electron chi connectivity index (χ2n) is 5.46. The van der Waals surface area contributed by atoms with Gasteiger partial charge in [0, 0.05) is 23.5 Å². The molecular weight excluding hydrogens is 332 g/mol. The average Bonchev–Trinajstić information content (AvgIpc) is 3.10. The Hall–Kier alpha value is -2.15. The molecule has 1 amide bonds. The van der Waals surface area contributed by atoms with Crippen LogP contribution in [0.5, 0.6) is 0 Å². The fourth-order valence-corrected chi connectivity index (χ4v) is 3.08. The molecule has 1 saturated heterocycles. The minimum atomic E-state index is -2.47. The predicted octanol–water partition coefficient (Wildman–Crippen LogP) is 4.25. The van der Waals surface area contributed by atoms with E-state index in [9.17, 15) is 13.6 Å². The molecule has 0 bridgehead atoms. The molecular formula is C17H17F2N3OS. The topological polar surface area (TPSA) is 45.2 Å². The minimum absolute atomic E-state index is 0.292. The van der Waals surface area contributed by atoms with Crippen molar-refractivity contribution in [1.82, 2.24) is 4.98 Å². The van der Waals surface area contributed by atoms with Crippen LogP contribution in [-0.2, 0) is 0 Å². The fraction of sp³-hybridized carbons (Fsp3) is 0.294. The number of carbonyl (C=O) groups excluding carboxylic acids is 1. The smallest absolute Gasteiger partial charge is 0.288 e. The Balaban J connectivity index is 1.61. The van der Waals surface area contributed by atoms with E-state index >= 15 is 0 Å². The number of thioether (sulfide) groups is 1. The monoisotopic (exact) mass is 349 g/mol. The summed E-state index contributed by atoms with van der Waals surface area (Å²) < 4.78 is 24.6. The summed E-state index contributed by atoms with van der Waals surface area (Å²) in [5.74, 6) is -1.84. The molecule has 0 unspecified atom stereocenters. The van der Waals surface area contributed by atoms with Crippen LogP contribution in [0, 0.1) is 0 Å².